The molecule has 41 heavy (non-hydrogen) atoms. The molecule has 216 valence electrons. The first-order valence-electron chi connectivity index (χ1n) is 13.0. The number of carbonyl (C=O) groups excluding carboxylic acids is 2. The number of fused-ring (bicyclic) bond motifs is 2. The summed E-state index contributed by atoms with van der Waals surface area (Å²) >= 11 is 18.2. The molecule has 0 fully saturated rings. The van der Waals surface area contributed by atoms with Gasteiger partial charge in [0.25, 0.3) is 11.8 Å². The largest absolute Gasteiger partial charge is 0.370 e. The summed E-state index contributed by atoms with van der Waals surface area (Å²) in [5.41, 5.74) is 11.9. The van der Waals surface area contributed by atoms with Crippen molar-refractivity contribution in [1.82, 2.24) is 20.6 Å². The van der Waals surface area contributed by atoms with Crippen LogP contribution in [0.1, 0.15) is 61.3 Å². The number of benzene rings is 2. The Morgan fingerprint density at radius 3 is 1.73 bits per heavy atom. The number of halogens is 3. The Kier molecular flexibility index (Phi) is 11.1. The van der Waals surface area contributed by atoms with Crippen molar-refractivity contribution >= 4 is 79.9 Å². The van der Waals surface area contributed by atoms with E-state index in [1.165, 1.54) is 12.4 Å². The number of rotatable bonds is 7. The lowest BCUT2D eigenvalue weighted by Gasteiger charge is -2.12. The summed E-state index contributed by atoms with van der Waals surface area (Å²) in [6.07, 6.45) is 4.72. The molecule has 2 heterocycles. The molecule has 0 aliphatic heterocycles. The van der Waals surface area contributed by atoms with E-state index in [9.17, 15) is 9.59 Å². The zero-order valence-corrected chi connectivity index (χ0v) is 25.4. The molecule has 2 aromatic heterocycles. The molecular formula is C29H32Cl3N7O2. The average molecular weight is 617 g/mol. The maximum atomic E-state index is 12.2. The second-order valence-corrected chi connectivity index (χ2v) is 10.6. The van der Waals surface area contributed by atoms with E-state index in [2.05, 4.69) is 25.6 Å². The molecule has 0 saturated carbocycles. The van der Waals surface area contributed by atoms with Crippen molar-refractivity contribution in [3.05, 3.63) is 75.1 Å². The minimum Gasteiger partial charge on any atom is -0.370 e. The molecule has 0 aliphatic rings. The second kappa shape index (κ2) is 14.3. The van der Waals surface area contributed by atoms with Crippen LogP contribution in [0.25, 0.3) is 21.5 Å². The normalized spacial score (nSPS) is 12.2. The van der Waals surface area contributed by atoms with Gasteiger partial charge >= 0.3 is 0 Å². The standard InChI is InChI=1S/C15H18ClN5O.C14H14Cl2N2O/c1-3-8(2)20-14(22)9-4-5-10-11(6-9)13(21-15(17)18)19-7-12(10)16;1-3-8(2)18-14(19)9-4-5-10-11(6-9)13(16)17-7-12(10)15/h4-8H,3H2,1-2H3,(H,20,22)(H4,17,18,19,21);4-8H,3H2,1-2H3,(H,18,19). The Hall–Kier alpha value is -3.66. The number of amides is 2. The number of carbonyl (C=O) groups is 2. The Morgan fingerprint density at radius 2 is 1.24 bits per heavy atom. The highest BCUT2D eigenvalue weighted by Gasteiger charge is 2.14. The molecule has 0 bridgehead atoms. The Bertz CT molecular complexity index is 1610. The van der Waals surface area contributed by atoms with Gasteiger partial charge in [-0.1, -0.05) is 60.8 Å². The van der Waals surface area contributed by atoms with Gasteiger partial charge in [-0.05, 0) is 51.0 Å². The summed E-state index contributed by atoms with van der Waals surface area (Å²) in [6.45, 7) is 7.93. The van der Waals surface area contributed by atoms with Gasteiger partial charge in [-0.15, -0.1) is 0 Å². The smallest absolute Gasteiger partial charge is 0.251 e. The Labute approximate surface area is 253 Å². The zero-order chi connectivity index (χ0) is 30.3. The van der Waals surface area contributed by atoms with Crippen LogP contribution >= 0.6 is 34.8 Å². The minimum atomic E-state index is -0.160. The summed E-state index contributed by atoms with van der Waals surface area (Å²) in [5.74, 6) is -0.0534. The molecular weight excluding hydrogens is 585 g/mol. The van der Waals surface area contributed by atoms with Crippen molar-refractivity contribution in [3.8, 4) is 0 Å². The molecule has 0 spiro atoms. The second-order valence-electron chi connectivity index (χ2n) is 9.45. The van der Waals surface area contributed by atoms with Crippen LogP contribution in [-0.2, 0) is 0 Å². The number of nitrogens with two attached hydrogens (primary N) is 2. The van der Waals surface area contributed by atoms with Gasteiger partial charge in [0, 0.05) is 57.1 Å². The number of hydrogen-bond donors (Lipinski definition) is 4. The van der Waals surface area contributed by atoms with Gasteiger partial charge in [0.2, 0.25) is 0 Å². The first-order valence-corrected chi connectivity index (χ1v) is 14.1. The van der Waals surface area contributed by atoms with Crippen molar-refractivity contribution in [1.29, 1.82) is 0 Å². The van der Waals surface area contributed by atoms with Gasteiger partial charge in [-0.2, -0.15) is 4.99 Å². The molecule has 4 aromatic rings. The summed E-state index contributed by atoms with van der Waals surface area (Å²) < 4.78 is 0. The highest BCUT2D eigenvalue weighted by Crippen LogP contribution is 2.31. The van der Waals surface area contributed by atoms with Crippen LogP contribution in [0.4, 0.5) is 5.82 Å². The topological polar surface area (TPSA) is 148 Å². The van der Waals surface area contributed by atoms with Gasteiger partial charge in [-0.25, -0.2) is 9.97 Å². The average Bonchev–Trinajstić information content (AvgIpc) is 2.96. The predicted molar refractivity (Wildman–Crippen MR) is 168 cm³/mol. The third-order valence-corrected chi connectivity index (χ3v) is 7.25. The Morgan fingerprint density at radius 1 is 0.780 bits per heavy atom. The molecule has 0 saturated heterocycles. The number of aromatic nitrogens is 2. The lowest BCUT2D eigenvalue weighted by Crippen LogP contribution is -2.31. The SMILES string of the molecule is CCC(C)NC(=O)c1ccc2c(Cl)cnc(Cl)c2c1.CCC(C)NC(=O)c1ccc2c(Cl)cnc(N=C(N)N)c2c1. The van der Waals surface area contributed by atoms with E-state index in [-0.39, 0.29) is 29.9 Å². The summed E-state index contributed by atoms with van der Waals surface area (Å²) in [6, 6.07) is 10.6. The third kappa shape index (κ3) is 8.19. The molecule has 0 radical (unpaired) electrons. The third-order valence-electron chi connectivity index (χ3n) is 6.35. The number of aliphatic imine (C=N–C) groups is 1. The zero-order valence-electron chi connectivity index (χ0n) is 23.1. The summed E-state index contributed by atoms with van der Waals surface area (Å²) in [5, 5.41) is 9.99. The van der Waals surface area contributed by atoms with E-state index < -0.39 is 0 Å². The quantitative estimate of drug-likeness (QED) is 0.107. The molecule has 0 aliphatic carbocycles. The predicted octanol–water partition coefficient (Wildman–Crippen LogP) is 6.39. The van der Waals surface area contributed by atoms with Crippen molar-refractivity contribution in [2.24, 2.45) is 16.5 Å². The van der Waals surface area contributed by atoms with E-state index in [1.54, 1.807) is 36.4 Å². The fourth-order valence-corrected chi connectivity index (χ4v) is 4.31. The highest BCUT2D eigenvalue weighted by atomic mass is 35.5. The van der Waals surface area contributed by atoms with Crippen LogP contribution in [0.3, 0.4) is 0 Å². The van der Waals surface area contributed by atoms with E-state index in [4.69, 9.17) is 46.3 Å². The van der Waals surface area contributed by atoms with Crippen LogP contribution in [0.2, 0.25) is 15.2 Å². The number of pyridine rings is 2. The van der Waals surface area contributed by atoms with Crippen molar-refractivity contribution in [3.63, 3.8) is 0 Å². The monoisotopic (exact) mass is 615 g/mol. The molecule has 12 heteroatoms. The first kappa shape index (κ1) is 31.9. The molecule has 6 N–H and O–H groups in total. The van der Waals surface area contributed by atoms with E-state index in [0.717, 1.165) is 23.6 Å². The Balaban J connectivity index is 0.000000228. The maximum Gasteiger partial charge on any atom is 0.251 e. The summed E-state index contributed by atoms with van der Waals surface area (Å²) in [4.78, 5) is 36.3. The first-order chi connectivity index (χ1) is 19.4. The molecule has 2 aromatic carbocycles. The van der Waals surface area contributed by atoms with Crippen LogP contribution in [0.15, 0.2) is 53.8 Å². The number of guanidine groups is 1. The molecule has 9 nitrogen and oxygen atoms in total. The fraction of sp³-hybridized carbons (Fsp3) is 0.276. The lowest BCUT2D eigenvalue weighted by atomic mass is 10.1. The van der Waals surface area contributed by atoms with Gasteiger partial charge in [0.05, 0.1) is 10.0 Å². The number of nitrogens with zero attached hydrogens (tertiary/aromatic N) is 3. The van der Waals surface area contributed by atoms with Crippen LogP contribution in [0, 0.1) is 0 Å². The van der Waals surface area contributed by atoms with Gasteiger partial charge in [0.1, 0.15) is 5.15 Å². The number of nitrogens with one attached hydrogen (secondary N) is 2. The van der Waals surface area contributed by atoms with Crippen LogP contribution < -0.4 is 22.1 Å². The molecule has 2 unspecified atom stereocenters. The minimum absolute atomic E-state index is 0.0952. The van der Waals surface area contributed by atoms with E-state index >= 15 is 0 Å². The van der Waals surface area contributed by atoms with E-state index in [0.29, 0.717) is 42.9 Å². The molecule has 2 atom stereocenters. The van der Waals surface area contributed by atoms with Gasteiger partial charge in [-0.3, -0.25) is 9.59 Å². The highest BCUT2D eigenvalue weighted by molar-refractivity contribution is 6.39. The number of hydrogen-bond acceptors (Lipinski definition) is 5. The van der Waals surface area contributed by atoms with Crippen molar-refractivity contribution in [2.75, 3.05) is 0 Å². The van der Waals surface area contributed by atoms with Crippen molar-refractivity contribution < 1.29 is 9.59 Å². The van der Waals surface area contributed by atoms with Crippen molar-refractivity contribution in [2.45, 2.75) is 52.6 Å². The maximum absolute atomic E-state index is 12.2. The lowest BCUT2D eigenvalue weighted by molar-refractivity contribution is 0.0931. The summed E-state index contributed by atoms with van der Waals surface area (Å²) in [7, 11) is 0. The van der Waals surface area contributed by atoms with Gasteiger partial charge in [0.15, 0.2) is 11.8 Å². The van der Waals surface area contributed by atoms with Crippen LogP contribution in [-0.4, -0.2) is 39.8 Å². The van der Waals surface area contributed by atoms with Crippen LogP contribution in [0.5, 0.6) is 0 Å². The molecule has 4 rings (SSSR count). The molecule has 2 amide bonds. The fourth-order valence-electron chi connectivity index (χ4n) is 3.68. The van der Waals surface area contributed by atoms with E-state index in [1.807, 2.05) is 27.7 Å². The van der Waals surface area contributed by atoms with Gasteiger partial charge < -0.3 is 22.1 Å².